The van der Waals surface area contributed by atoms with Crippen molar-refractivity contribution in [2.75, 3.05) is 0 Å². The molecule has 2 aromatic rings. The molecule has 18 heavy (non-hydrogen) atoms. The summed E-state index contributed by atoms with van der Waals surface area (Å²) in [6.45, 7) is 12.7. The summed E-state index contributed by atoms with van der Waals surface area (Å²) in [5.74, 6) is 1.42. The molecule has 2 heterocycles. The number of fused-ring (bicyclic) bond motifs is 1. The zero-order valence-electron chi connectivity index (χ0n) is 12.1. The number of nitrogens with one attached hydrogen (secondary N) is 1. The van der Waals surface area contributed by atoms with Gasteiger partial charge in [0.25, 0.3) is 0 Å². The van der Waals surface area contributed by atoms with E-state index in [1.165, 1.54) is 5.92 Å². The molecule has 0 unspecified atom stereocenters. The van der Waals surface area contributed by atoms with E-state index in [9.17, 15) is 0 Å². The molecule has 0 atom stereocenters. The van der Waals surface area contributed by atoms with Gasteiger partial charge in [-0.05, 0) is 29.0 Å². The maximum atomic E-state index is 4.31. The predicted molar refractivity (Wildman–Crippen MR) is 73.9 cm³/mol. The number of aromatic nitrogens is 2. The van der Waals surface area contributed by atoms with Crippen LogP contribution in [0.3, 0.4) is 0 Å². The van der Waals surface area contributed by atoms with Crippen molar-refractivity contribution >= 4 is 10.9 Å². The number of aromatic amines is 1. The topological polar surface area (TPSA) is 28.7 Å². The fourth-order valence-corrected chi connectivity index (χ4v) is 1.27. The number of hydrogen-bond acceptors (Lipinski definition) is 1. The first-order valence-corrected chi connectivity index (χ1v) is 5.94. The third kappa shape index (κ3) is 5.35. The van der Waals surface area contributed by atoms with Crippen molar-refractivity contribution in [2.24, 2.45) is 0 Å². The van der Waals surface area contributed by atoms with Crippen LogP contribution in [0.2, 0.25) is 0 Å². The molecule has 0 aliphatic heterocycles. The van der Waals surface area contributed by atoms with Gasteiger partial charge in [0.2, 0.25) is 0 Å². The van der Waals surface area contributed by atoms with Crippen LogP contribution in [0.4, 0.5) is 0 Å². The minimum absolute atomic E-state index is 0. The van der Waals surface area contributed by atoms with Crippen LogP contribution >= 0.6 is 0 Å². The summed E-state index contributed by atoms with van der Waals surface area (Å²) >= 11 is 0. The third-order valence-corrected chi connectivity index (χ3v) is 2.13. The molecule has 0 aromatic carbocycles. The van der Waals surface area contributed by atoms with E-state index >= 15 is 0 Å². The maximum Gasteiger partial charge on any atom is 2.00 e. The Morgan fingerprint density at radius 1 is 1.22 bits per heavy atom. The van der Waals surface area contributed by atoms with Gasteiger partial charge in [-0.3, -0.25) is 0 Å². The average molecular weight is 414 g/mol. The fraction of sp³-hybridized carbons (Fsp3) is 0.467. The van der Waals surface area contributed by atoms with Gasteiger partial charge in [-0.2, -0.15) is 20.8 Å². The molecule has 0 aliphatic rings. The van der Waals surface area contributed by atoms with Gasteiger partial charge < -0.3 is 15.9 Å². The summed E-state index contributed by atoms with van der Waals surface area (Å²) in [6, 6.07) is 4.07. The summed E-state index contributed by atoms with van der Waals surface area (Å²) in [5.41, 5.74) is 2.28. The molecule has 0 spiro atoms. The van der Waals surface area contributed by atoms with E-state index in [4.69, 9.17) is 0 Å². The SMILES string of the molecule is CC(C)(C)c1cc2[nH]ccc2[c-]n1.C[C-](C)C.[W+2]. The van der Waals surface area contributed by atoms with E-state index in [0.29, 0.717) is 0 Å². The first-order valence-electron chi connectivity index (χ1n) is 5.94. The van der Waals surface area contributed by atoms with Crippen molar-refractivity contribution in [2.45, 2.75) is 47.0 Å². The van der Waals surface area contributed by atoms with Crippen LogP contribution in [0, 0.1) is 12.1 Å². The van der Waals surface area contributed by atoms with Gasteiger partial charge in [-0.1, -0.05) is 20.8 Å². The van der Waals surface area contributed by atoms with Gasteiger partial charge >= 0.3 is 21.1 Å². The molecule has 0 saturated carbocycles. The molecular formula is C15H22N2W. The van der Waals surface area contributed by atoms with E-state index in [-0.39, 0.29) is 26.5 Å². The summed E-state index contributed by atoms with van der Waals surface area (Å²) in [4.78, 5) is 7.47. The van der Waals surface area contributed by atoms with E-state index in [1.807, 2.05) is 12.3 Å². The van der Waals surface area contributed by atoms with Crippen molar-refractivity contribution in [3.8, 4) is 0 Å². The monoisotopic (exact) mass is 414 g/mol. The second-order valence-corrected chi connectivity index (χ2v) is 5.81. The third-order valence-electron chi connectivity index (χ3n) is 2.13. The number of H-pyrrole nitrogens is 1. The molecule has 2 nitrogen and oxygen atoms in total. The van der Waals surface area contributed by atoms with Crippen molar-refractivity contribution in [1.82, 2.24) is 9.97 Å². The largest absolute Gasteiger partial charge is 2.00 e. The van der Waals surface area contributed by atoms with E-state index in [0.717, 1.165) is 16.6 Å². The summed E-state index contributed by atoms with van der Waals surface area (Å²) < 4.78 is 0. The fourth-order valence-electron chi connectivity index (χ4n) is 1.27. The summed E-state index contributed by atoms with van der Waals surface area (Å²) in [6.07, 6.45) is 4.94. The van der Waals surface area contributed by atoms with Gasteiger partial charge in [0.1, 0.15) is 0 Å². The van der Waals surface area contributed by atoms with Crippen LogP contribution < -0.4 is 0 Å². The first-order chi connectivity index (χ1) is 7.80. The van der Waals surface area contributed by atoms with Crippen LogP contribution in [0.25, 0.3) is 10.9 Å². The van der Waals surface area contributed by atoms with Crippen molar-refractivity contribution < 1.29 is 21.1 Å². The molecule has 2 rings (SSSR count). The smallest absolute Gasteiger partial charge is 0.409 e. The Bertz CT molecular complexity index is 464. The Kier molecular flexibility index (Phi) is 6.84. The molecule has 98 valence electrons. The van der Waals surface area contributed by atoms with E-state index < -0.39 is 0 Å². The van der Waals surface area contributed by atoms with Crippen LogP contribution in [0.5, 0.6) is 0 Å². The van der Waals surface area contributed by atoms with E-state index in [2.05, 4.69) is 63.8 Å². The Morgan fingerprint density at radius 3 is 2.28 bits per heavy atom. The predicted octanol–water partition coefficient (Wildman–Crippen LogP) is 4.28. The second kappa shape index (κ2) is 7.09. The van der Waals surface area contributed by atoms with Gasteiger partial charge in [-0.25, -0.2) is 0 Å². The number of pyridine rings is 1. The van der Waals surface area contributed by atoms with Crippen LogP contribution in [-0.2, 0) is 26.5 Å². The van der Waals surface area contributed by atoms with Gasteiger partial charge in [0.15, 0.2) is 0 Å². The molecule has 3 heteroatoms. The van der Waals surface area contributed by atoms with Crippen LogP contribution in [0.15, 0.2) is 18.3 Å². The summed E-state index contributed by atoms with van der Waals surface area (Å²) in [7, 11) is 0. The van der Waals surface area contributed by atoms with Crippen LogP contribution in [-0.4, -0.2) is 9.97 Å². The minimum atomic E-state index is 0. The Hall–Kier alpha value is -0.622. The second-order valence-electron chi connectivity index (χ2n) is 5.81. The molecule has 0 bridgehead atoms. The molecule has 0 aliphatic carbocycles. The molecule has 0 fully saturated rings. The Balaban J connectivity index is 0.000000512. The summed E-state index contributed by atoms with van der Waals surface area (Å²) in [5, 5.41) is 1.05. The van der Waals surface area contributed by atoms with Gasteiger partial charge in [-0.15, -0.1) is 17.5 Å². The Morgan fingerprint density at radius 2 is 1.78 bits per heavy atom. The van der Waals surface area contributed by atoms with Crippen molar-refractivity contribution in [3.05, 3.63) is 36.1 Å². The molecular weight excluding hydrogens is 392 g/mol. The number of nitrogens with zero attached hydrogens (tertiary/aromatic N) is 1. The normalized spacial score (nSPS) is 10.8. The van der Waals surface area contributed by atoms with Gasteiger partial charge in [0.05, 0.1) is 0 Å². The zero-order valence-corrected chi connectivity index (χ0v) is 15.0. The molecule has 2 aromatic heterocycles. The standard InChI is InChI=1S/C11H13N2.C4H9.W/c1-11(2,3)10-6-9-8(7-13-10)4-5-12-9;1-4(2)3;/h4-6,12H,1-3H3;1-3H3;/q2*-1;+2. The van der Waals surface area contributed by atoms with Crippen molar-refractivity contribution in [1.29, 1.82) is 0 Å². The first kappa shape index (κ1) is 17.4. The van der Waals surface area contributed by atoms with Crippen LogP contribution in [0.1, 0.15) is 47.2 Å². The number of rotatable bonds is 0. The maximum absolute atomic E-state index is 4.31. The zero-order chi connectivity index (χ0) is 13.1. The molecule has 1 N–H and O–H groups in total. The minimum Gasteiger partial charge on any atom is -0.409 e. The quantitative estimate of drug-likeness (QED) is 0.641. The average Bonchev–Trinajstić information content (AvgIpc) is 2.61. The van der Waals surface area contributed by atoms with Gasteiger partial charge in [0, 0.05) is 0 Å². The molecule has 0 saturated heterocycles. The van der Waals surface area contributed by atoms with Crippen molar-refractivity contribution in [3.63, 3.8) is 0 Å². The molecule has 0 radical (unpaired) electrons. The van der Waals surface area contributed by atoms with E-state index in [1.54, 1.807) is 0 Å². The number of hydrogen-bond donors (Lipinski definition) is 1. The Labute approximate surface area is 125 Å². The molecule has 0 amide bonds.